The molecule has 10 heteroatoms. The highest BCUT2D eigenvalue weighted by atomic mass is 35.5. The second kappa shape index (κ2) is 13.1. The summed E-state index contributed by atoms with van der Waals surface area (Å²) in [6, 6.07) is 14.3. The van der Waals surface area contributed by atoms with Crippen molar-refractivity contribution in [3.05, 3.63) is 87.6 Å². The molecule has 0 bridgehead atoms. The minimum atomic E-state index is -0.320. The minimum absolute atomic E-state index is 0.0387. The molecule has 0 radical (unpaired) electrons. The molecule has 3 amide bonds. The Labute approximate surface area is 245 Å². The molecule has 5 rings (SSSR count). The zero-order valence-corrected chi connectivity index (χ0v) is 23.9. The van der Waals surface area contributed by atoms with Crippen molar-refractivity contribution >= 4 is 35.0 Å². The maximum atomic E-state index is 13.0. The van der Waals surface area contributed by atoms with Gasteiger partial charge in [-0.05, 0) is 61.5 Å². The van der Waals surface area contributed by atoms with Gasteiger partial charge < -0.3 is 20.3 Å². The van der Waals surface area contributed by atoms with E-state index in [4.69, 9.17) is 16.3 Å². The summed E-state index contributed by atoms with van der Waals surface area (Å²) in [5.74, 6) is 6.41. The number of halogens is 1. The number of hydrogen-bond donors (Lipinski definition) is 3. The number of aryl methyl sites for hydroxylation is 1. The van der Waals surface area contributed by atoms with Crippen molar-refractivity contribution < 1.29 is 14.3 Å². The SMILES string of the molecule is Cc1ccc(C(=O)Nc2ccc(CN3CCN(C)CC3)c(Cl)c2)cc1C#Cc1ccc(NC(=O)NC2COC2)nc1. The van der Waals surface area contributed by atoms with E-state index in [0.717, 1.165) is 49.4 Å². The number of urea groups is 1. The summed E-state index contributed by atoms with van der Waals surface area (Å²) >= 11 is 6.57. The van der Waals surface area contributed by atoms with Crippen LogP contribution in [0.5, 0.6) is 0 Å². The molecule has 2 aliphatic heterocycles. The molecule has 3 heterocycles. The van der Waals surface area contributed by atoms with Gasteiger partial charge in [0, 0.05) is 66.3 Å². The van der Waals surface area contributed by atoms with Crippen LogP contribution < -0.4 is 16.0 Å². The molecule has 1 aromatic heterocycles. The van der Waals surface area contributed by atoms with Gasteiger partial charge in [0.1, 0.15) is 5.82 Å². The van der Waals surface area contributed by atoms with E-state index in [1.165, 1.54) is 0 Å². The number of nitrogens with one attached hydrogen (secondary N) is 3. The molecule has 3 N–H and O–H groups in total. The van der Waals surface area contributed by atoms with Gasteiger partial charge in [0.25, 0.3) is 5.91 Å². The number of ether oxygens (including phenoxy) is 1. The van der Waals surface area contributed by atoms with Crippen LogP contribution in [0.2, 0.25) is 5.02 Å². The number of piperazine rings is 1. The second-order valence-corrected chi connectivity index (χ2v) is 10.8. The molecule has 0 saturated carbocycles. The zero-order valence-electron chi connectivity index (χ0n) is 23.2. The lowest BCUT2D eigenvalue weighted by molar-refractivity contribution is 0.000731. The molecule has 2 fully saturated rings. The summed E-state index contributed by atoms with van der Waals surface area (Å²) in [5.41, 5.74) is 4.56. The lowest BCUT2D eigenvalue weighted by atomic mass is 10.0. The summed E-state index contributed by atoms with van der Waals surface area (Å²) in [6.45, 7) is 7.91. The van der Waals surface area contributed by atoms with Gasteiger partial charge >= 0.3 is 6.03 Å². The number of benzene rings is 2. The maximum absolute atomic E-state index is 13.0. The van der Waals surface area contributed by atoms with E-state index in [9.17, 15) is 9.59 Å². The fraction of sp³-hybridized carbons (Fsp3) is 0.323. The topological polar surface area (TPSA) is 98.8 Å². The molecule has 0 unspecified atom stereocenters. The molecule has 212 valence electrons. The third-order valence-electron chi connectivity index (χ3n) is 7.12. The van der Waals surface area contributed by atoms with Crippen molar-refractivity contribution in [3.63, 3.8) is 0 Å². The van der Waals surface area contributed by atoms with E-state index in [2.05, 4.69) is 49.6 Å². The standard InChI is InChI=1S/C31H33ClN6O3/c1-21-3-6-24(30(39)34-26-9-8-25(28(32)16-26)18-38-13-11-37(2)12-14-38)15-23(21)7-4-22-5-10-29(33-17-22)36-31(40)35-27-19-41-20-27/h3,5-6,8-10,15-17,27H,11-14,18-20H2,1-2H3,(H,34,39)(H2,33,35,36,40). The summed E-state index contributed by atoms with van der Waals surface area (Å²) in [5, 5.41) is 9.08. The Morgan fingerprint density at radius 3 is 2.51 bits per heavy atom. The number of nitrogens with zero attached hydrogens (tertiary/aromatic N) is 3. The Morgan fingerprint density at radius 2 is 1.83 bits per heavy atom. The van der Waals surface area contributed by atoms with Crippen LogP contribution in [0.1, 0.15) is 32.6 Å². The van der Waals surface area contributed by atoms with Gasteiger partial charge in [-0.15, -0.1) is 0 Å². The fourth-order valence-corrected chi connectivity index (χ4v) is 4.68. The summed E-state index contributed by atoms with van der Waals surface area (Å²) in [6.07, 6.45) is 1.60. The number of amides is 3. The molecule has 2 saturated heterocycles. The normalized spacial score (nSPS) is 15.8. The van der Waals surface area contributed by atoms with E-state index in [-0.39, 0.29) is 18.0 Å². The van der Waals surface area contributed by atoms with Crippen LogP contribution in [-0.2, 0) is 11.3 Å². The van der Waals surface area contributed by atoms with E-state index >= 15 is 0 Å². The van der Waals surface area contributed by atoms with E-state index in [1.54, 1.807) is 36.5 Å². The lowest BCUT2D eigenvalue weighted by Crippen LogP contribution is -2.50. The number of carbonyl (C=O) groups excluding carboxylic acids is 2. The van der Waals surface area contributed by atoms with Crippen LogP contribution in [0.3, 0.4) is 0 Å². The average Bonchev–Trinajstić information content (AvgIpc) is 2.94. The Kier molecular flexibility index (Phi) is 9.17. The van der Waals surface area contributed by atoms with Gasteiger partial charge in [-0.3, -0.25) is 15.0 Å². The molecule has 2 aromatic carbocycles. The van der Waals surface area contributed by atoms with Crippen molar-refractivity contribution in [3.8, 4) is 11.8 Å². The maximum Gasteiger partial charge on any atom is 0.320 e. The van der Waals surface area contributed by atoms with E-state index in [1.807, 2.05) is 25.1 Å². The van der Waals surface area contributed by atoms with Crippen LogP contribution in [0, 0.1) is 18.8 Å². The minimum Gasteiger partial charge on any atom is -0.377 e. The van der Waals surface area contributed by atoms with Crippen molar-refractivity contribution in [2.75, 3.05) is 57.1 Å². The first-order valence-electron chi connectivity index (χ1n) is 13.6. The Morgan fingerprint density at radius 1 is 1.02 bits per heavy atom. The summed E-state index contributed by atoms with van der Waals surface area (Å²) in [4.78, 5) is 34.0. The Bertz CT molecular complexity index is 1470. The zero-order chi connectivity index (χ0) is 28.8. The predicted octanol–water partition coefficient (Wildman–Crippen LogP) is 3.96. The number of anilines is 2. The van der Waals surface area contributed by atoms with Gasteiger partial charge in [0.15, 0.2) is 0 Å². The van der Waals surface area contributed by atoms with E-state index < -0.39 is 0 Å². The van der Waals surface area contributed by atoms with Crippen molar-refractivity contribution in [1.82, 2.24) is 20.1 Å². The quantitative estimate of drug-likeness (QED) is 0.387. The molecule has 2 aliphatic rings. The Balaban J connectivity index is 1.19. The molecule has 3 aromatic rings. The average molecular weight is 573 g/mol. The number of hydrogen-bond acceptors (Lipinski definition) is 6. The first kappa shape index (κ1) is 28.6. The monoisotopic (exact) mass is 572 g/mol. The number of aromatic nitrogens is 1. The number of likely N-dealkylation sites (N-methyl/N-ethyl adjacent to an activating group) is 1. The third kappa shape index (κ3) is 7.84. The molecule has 9 nitrogen and oxygen atoms in total. The smallest absolute Gasteiger partial charge is 0.320 e. The molecule has 0 aliphatic carbocycles. The predicted molar refractivity (Wildman–Crippen MR) is 160 cm³/mol. The van der Waals surface area contributed by atoms with Crippen molar-refractivity contribution in [2.24, 2.45) is 0 Å². The number of carbonyl (C=O) groups is 2. The van der Waals surface area contributed by atoms with Gasteiger partial charge in [0.2, 0.25) is 0 Å². The Hall–Kier alpha value is -3.94. The highest BCUT2D eigenvalue weighted by Gasteiger charge is 2.20. The number of rotatable bonds is 6. The van der Waals surface area contributed by atoms with Crippen LogP contribution in [-0.4, -0.2) is 79.2 Å². The van der Waals surface area contributed by atoms with Gasteiger partial charge in [-0.25, -0.2) is 9.78 Å². The largest absolute Gasteiger partial charge is 0.377 e. The molecular formula is C31H33ClN6O3. The van der Waals surface area contributed by atoms with E-state index in [0.29, 0.717) is 40.9 Å². The van der Waals surface area contributed by atoms with Crippen LogP contribution in [0.15, 0.2) is 54.7 Å². The summed E-state index contributed by atoms with van der Waals surface area (Å²) < 4.78 is 5.05. The number of pyridine rings is 1. The van der Waals surface area contributed by atoms with Crippen LogP contribution >= 0.6 is 11.6 Å². The van der Waals surface area contributed by atoms with Gasteiger partial charge in [-0.1, -0.05) is 35.6 Å². The van der Waals surface area contributed by atoms with Crippen molar-refractivity contribution in [2.45, 2.75) is 19.5 Å². The third-order valence-corrected chi connectivity index (χ3v) is 7.47. The van der Waals surface area contributed by atoms with Crippen molar-refractivity contribution in [1.29, 1.82) is 0 Å². The molecule has 0 spiro atoms. The molecule has 41 heavy (non-hydrogen) atoms. The molecular weight excluding hydrogens is 540 g/mol. The van der Waals surface area contributed by atoms with Crippen LogP contribution in [0.4, 0.5) is 16.3 Å². The highest BCUT2D eigenvalue weighted by Crippen LogP contribution is 2.24. The van der Waals surface area contributed by atoms with Gasteiger partial charge in [-0.2, -0.15) is 0 Å². The first-order chi connectivity index (χ1) is 19.8. The summed E-state index contributed by atoms with van der Waals surface area (Å²) in [7, 11) is 2.14. The van der Waals surface area contributed by atoms with Crippen LogP contribution in [0.25, 0.3) is 0 Å². The van der Waals surface area contributed by atoms with Gasteiger partial charge in [0.05, 0.1) is 19.3 Å². The lowest BCUT2D eigenvalue weighted by Gasteiger charge is -2.32. The highest BCUT2D eigenvalue weighted by molar-refractivity contribution is 6.31. The first-order valence-corrected chi connectivity index (χ1v) is 13.9. The molecule has 0 atom stereocenters. The second-order valence-electron chi connectivity index (χ2n) is 10.4. The fourth-order valence-electron chi connectivity index (χ4n) is 4.44.